The maximum atomic E-state index is 13.7. The van der Waals surface area contributed by atoms with Gasteiger partial charge in [-0.1, -0.05) is 23.7 Å². The lowest BCUT2D eigenvalue weighted by atomic mass is 9.82. The van der Waals surface area contributed by atoms with E-state index in [4.69, 9.17) is 11.6 Å². The largest absolute Gasteiger partial charge is 0.404 e. The number of hydrogen-bond donors (Lipinski definition) is 0. The number of alkyl halides is 3. The molecule has 2 aromatic rings. The second-order valence-electron chi connectivity index (χ2n) is 9.63. The maximum Gasteiger partial charge on any atom is 0.404 e. The van der Waals surface area contributed by atoms with Crippen LogP contribution in [0.25, 0.3) is 0 Å². The van der Waals surface area contributed by atoms with E-state index in [0.717, 1.165) is 56.4 Å². The number of pyridine rings is 1. The van der Waals surface area contributed by atoms with Crippen molar-refractivity contribution in [3.63, 3.8) is 0 Å². The molecule has 0 N–H and O–H groups in total. The molecule has 0 spiro atoms. The predicted molar refractivity (Wildman–Crippen MR) is 129 cm³/mol. The van der Waals surface area contributed by atoms with Crippen molar-refractivity contribution < 1.29 is 27.2 Å². The van der Waals surface area contributed by atoms with E-state index in [9.17, 15) is 27.2 Å². The van der Waals surface area contributed by atoms with Crippen LogP contribution in [0.5, 0.6) is 0 Å². The highest BCUT2D eigenvalue weighted by Crippen LogP contribution is 2.38. The van der Waals surface area contributed by atoms with Crippen molar-refractivity contribution in [2.24, 2.45) is 11.8 Å². The van der Waals surface area contributed by atoms with E-state index in [-0.39, 0.29) is 23.8 Å². The van der Waals surface area contributed by atoms with Crippen LogP contribution in [0.4, 0.5) is 23.4 Å². The van der Waals surface area contributed by atoms with Crippen LogP contribution in [0.3, 0.4) is 0 Å². The van der Waals surface area contributed by atoms with Gasteiger partial charge in [-0.15, -0.1) is 0 Å². The zero-order valence-electron chi connectivity index (χ0n) is 19.7. The van der Waals surface area contributed by atoms with E-state index >= 15 is 0 Å². The zero-order valence-corrected chi connectivity index (χ0v) is 20.4. The summed E-state index contributed by atoms with van der Waals surface area (Å²) in [7, 11) is 0. The third kappa shape index (κ3) is 6.17. The maximum absolute atomic E-state index is 13.7. The molecular formula is C26H28ClF4N3O2. The van der Waals surface area contributed by atoms with E-state index < -0.39 is 23.8 Å². The Hall–Kier alpha value is -2.68. The van der Waals surface area contributed by atoms with E-state index in [1.165, 1.54) is 11.0 Å². The third-order valence-electron chi connectivity index (χ3n) is 7.28. The first kappa shape index (κ1) is 26.4. The van der Waals surface area contributed by atoms with Gasteiger partial charge in [0.2, 0.25) is 5.91 Å². The van der Waals surface area contributed by atoms with Gasteiger partial charge in [-0.3, -0.25) is 9.59 Å². The van der Waals surface area contributed by atoms with Gasteiger partial charge in [0.15, 0.2) is 12.2 Å². The Labute approximate surface area is 212 Å². The van der Waals surface area contributed by atoms with Crippen molar-refractivity contribution in [3.05, 3.63) is 58.5 Å². The molecule has 1 aromatic carbocycles. The predicted octanol–water partition coefficient (Wildman–Crippen LogP) is 5.88. The molecule has 2 aliphatic heterocycles. The van der Waals surface area contributed by atoms with Crippen LogP contribution in [0.15, 0.2) is 36.4 Å². The second-order valence-corrected chi connectivity index (χ2v) is 9.99. The molecule has 1 atom stereocenters. The molecule has 1 unspecified atom stereocenters. The van der Waals surface area contributed by atoms with Gasteiger partial charge >= 0.3 is 6.18 Å². The number of aldehydes is 1. The number of anilines is 1. The average Bonchev–Trinajstić information content (AvgIpc) is 2.84. The zero-order chi connectivity index (χ0) is 25.9. The van der Waals surface area contributed by atoms with Crippen LogP contribution < -0.4 is 4.90 Å². The van der Waals surface area contributed by atoms with Crippen LogP contribution in [0, 0.1) is 17.7 Å². The molecule has 1 aromatic heterocycles. The van der Waals surface area contributed by atoms with Crippen molar-refractivity contribution in [1.82, 2.24) is 9.88 Å². The van der Waals surface area contributed by atoms with Gasteiger partial charge in [-0.2, -0.15) is 13.2 Å². The molecule has 1 amide bonds. The third-order valence-corrected chi connectivity index (χ3v) is 7.58. The van der Waals surface area contributed by atoms with E-state index in [2.05, 4.69) is 9.88 Å². The summed E-state index contributed by atoms with van der Waals surface area (Å²) in [5.41, 5.74) is -0.00410. The molecule has 2 saturated heterocycles. The quantitative estimate of drug-likeness (QED) is 0.268. The van der Waals surface area contributed by atoms with Crippen molar-refractivity contribution in [2.45, 2.75) is 44.2 Å². The van der Waals surface area contributed by atoms with Crippen LogP contribution >= 0.6 is 11.6 Å². The van der Waals surface area contributed by atoms with Gasteiger partial charge in [-0.05, 0) is 73.8 Å². The first-order chi connectivity index (χ1) is 17.2. The molecular weight excluding hydrogens is 498 g/mol. The number of carbonyl (C=O) groups is 2. The fourth-order valence-corrected chi connectivity index (χ4v) is 5.49. The van der Waals surface area contributed by atoms with Crippen LogP contribution in [0.1, 0.15) is 53.9 Å². The molecule has 10 heteroatoms. The van der Waals surface area contributed by atoms with Crippen LogP contribution in [-0.4, -0.2) is 54.4 Å². The number of piperidine rings is 2. The van der Waals surface area contributed by atoms with Gasteiger partial charge in [-0.25, -0.2) is 9.37 Å². The summed E-state index contributed by atoms with van der Waals surface area (Å²) in [6.07, 6.45) is 0.0965. The van der Waals surface area contributed by atoms with Crippen molar-refractivity contribution in [3.8, 4) is 0 Å². The smallest absolute Gasteiger partial charge is 0.357 e. The Balaban J connectivity index is 1.28. The molecule has 5 nitrogen and oxygen atoms in total. The number of nitrogens with zero attached hydrogens (tertiary/aromatic N) is 3. The lowest BCUT2D eigenvalue weighted by molar-refractivity contribution is -0.173. The normalized spacial score (nSPS) is 18.8. The number of aromatic nitrogens is 1. The minimum atomic E-state index is -4.79. The van der Waals surface area contributed by atoms with Gasteiger partial charge < -0.3 is 9.80 Å². The summed E-state index contributed by atoms with van der Waals surface area (Å²) in [6, 6.07) is 7.65. The highest BCUT2D eigenvalue weighted by atomic mass is 35.5. The van der Waals surface area contributed by atoms with E-state index in [1.807, 2.05) is 0 Å². The highest BCUT2D eigenvalue weighted by molar-refractivity contribution is 6.31. The Morgan fingerprint density at radius 2 is 1.69 bits per heavy atom. The Morgan fingerprint density at radius 1 is 1.06 bits per heavy atom. The molecule has 194 valence electrons. The van der Waals surface area contributed by atoms with E-state index in [1.54, 1.807) is 12.1 Å². The Bertz CT molecular complexity index is 1080. The lowest BCUT2D eigenvalue weighted by Gasteiger charge is -2.38. The summed E-state index contributed by atoms with van der Waals surface area (Å²) in [5.74, 6) is -2.56. The first-order valence-electron chi connectivity index (χ1n) is 12.1. The summed E-state index contributed by atoms with van der Waals surface area (Å²) >= 11 is 6.05. The van der Waals surface area contributed by atoms with E-state index in [0.29, 0.717) is 36.5 Å². The van der Waals surface area contributed by atoms with Crippen LogP contribution in [0.2, 0.25) is 5.15 Å². The number of benzene rings is 1. The number of rotatable bonds is 6. The minimum absolute atomic E-state index is 0.191. The van der Waals surface area contributed by atoms with Crippen molar-refractivity contribution in [1.29, 1.82) is 0 Å². The minimum Gasteiger partial charge on any atom is -0.357 e. The van der Waals surface area contributed by atoms with Gasteiger partial charge in [0.25, 0.3) is 0 Å². The lowest BCUT2D eigenvalue weighted by Crippen LogP contribution is -2.45. The molecule has 0 bridgehead atoms. The number of amides is 1. The molecule has 0 radical (unpaired) electrons. The highest BCUT2D eigenvalue weighted by Gasteiger charge is 2.48. The number of hydrogen-bond acceptors (Lipinski definition) is 4. The van der Waals surface area contributed by atoms with Gasteiger partial charge in [0.1, 0.15) is 16.8 Å². The molecule has 3 heterocycles. The molecule has 0 aliphatic carbocycles. The van der Waals surface area contributed by atoms with Crippen molar-refractivity contribution in [2.75, 3.05) is 31.1 Å². The van der Waals surface area contributed by atoms with Gasteiger partial charge in [0.05, 0.1) is 5.56 Å². The molecule has 0 saturated carbocycles. The first-order valence-corrected chi connectivity index (χ1v) is 12.5. The molecule has 36 heavy (non-hydrogen) atoms. The molecule has 2 fully saturated rings. The fraction of sp³-hybridized carbons (Fsp3) is 0.500. The van der Waals surface area contributed by atoms with Crippen molar-refractivity contribution >= 4 is 29.6 Å². The van der Waals surface area contributed by atoms with Crippen LogP contribution in [-0.2, 0) is 4.79 Å². The fourth-order valence-electron chi connectivity index (χ4n) is 5.30. The standard InChI is InChI=1S/C26H28ClF4N3O2/c27-24-20(16-35)4-5-22(32-24)33-10-6-17(7-11-33)14-18-8-12-34(13-9-18)25(36)23(26(29,30)31)19-2-1-3-21(28)15-19/h1-5,15-18,23H,6-14H2. The number of halogens is 5. The SMILES string of the molecule is O=Cc1ccc(N2CCC(CC3CCN(C(=O)C(c4cccc(F)c4)C(F)(F)F)CC3)CC2)nc1Cl. The summed E-state index contributed by atoms with van der Waals surface area (Å²) in [4.78, 5) is 31.5. The number of carbonyl (C=O) groups excluding carboxylic acids is 2. The molecule has 2 aliphatic rings. The Morgan fingerprint density at radius 3 is 2.25 bits per heavy atom. The topological polar surface area (TPSA) is 53.5 Å². The van der Waals surface area contributed by atoms with Gasteiger partial charge in [0, 0.05) is 26.2 Å². The summed E-state index contributed by atoms with van der Waals surface area (Å²) in [5, 5.41) is 0.191. The summed E-state index contributed by atoms with van der Waals surface area (Å²) in [6.45, 7) is 2.17. The summed E-state index contributed by atoms with van der Waals surface area (Å²) < 4.78 is 54.8. The number of likely N-dealkylation sites (tertiary alicyclic amines) is 1. The average molecular weight is 526 g/mol. The Kier molecular flexibility index (Phi) is 8.17. The monoisotopic (exact) mass is 525 g/mol. The molecule has 4 rings (SSSR count). The second kappa shape index (κ2) is 11.2.